The van der Waals surface area contributed by atoms with E-state index in [1.807, 2.05) is 0 Å². The van der Waals surface area contributed by atoms with E-state index in [1.165, 1.54) is 126 Å². The van der Waals surface area contributed by atoms with Crippen molar-refractivity contribution in [1.29, 1.82) is 0 Å². The van der Waals surface area contributed by atoms with E-state index >= 15 is 0 Å². The lowest BCUT2D eigenvalue weighted by Gasteiger charge is -2.27. The van der Waals surface area contributed by atoms with E-state index < -0.39 is 0 Å². The van der Waals surface area contributed by atoms with E-state index in [0.717, 1.165) is 5.69 Å². The summed E-state index contributed by atoms with van der Waals surface area (Å²) < 4.78 is 4.95. The highest BCUT2D eigenvalue weighted by atomic mass is 15.0. The Morgan fingerprint density at radius 2 is 0.581 bits per heavy atom. The standard InChI is InChI=1S/C60H36N2/c1-4-19-41-38(16-1)39-17-2-5-20-42(39)52-36-54-53(35-51(41)52)44-33-32-37(61-55-27-11-7-22-45(55)46-23-8-12-28-56(46)61)34-50(44)43-21-6-3-18-40(43)49-26-15-31-59(60(49)54)62-57-29-13-9-24-47(57)48-25-10-14-30-58(48)62/h1-36H. The maximum Gasteiger partial charge on any atom is 0.0547 e. The lowest BCUT2D eigenvalue weighted by atomic mass is 9.78. The molecule has 1 aliphatic rings. The average molecular weight is 785 g/mol. The Hall–Kier alpha value is -8.20. The van der Waals surface area contributed by atoms with Gasteiger partial charge in [-0.25, -0.2) is 0 Å². The van der Waals surface area contributed by atoms with Crippen LogP contribution in [0.1, 0.15) is 0 Å². The Morgan fingerprint density at radius 3 is 1.11 bits per heavy atom. The normalized spacial score (nSPS) is 12.2. The largest absolute Gasteiger partial charge is 0.309 e. The van der Waals surface area contributed by atoms with Gasteiger partial charge in [0.1, 0.15) is 0 Å². The van der Waals surface area contributed by atoms with Crippen LogP contribution in [0.4, 0.5) is 0 Å². The number of benzene rings is 11. The second-order valence-corrected chi connectivity index (χ2v) is 16.7. The molecule has 11 aromatic carbocycles. The van der Waals surface area contributed by atoms with Gasteiger partial charge in [0.2, 0.25) is 0 Å². The third kappa shape index (κ3) is 4.53. The van der Waals surface area contributed by atoms with Crippen LogP contribution in [0.25, 0.3) is 132 Å². The molecule has 2 heteroatoms. The van der Waals surface area contributed by atoms with Gasteiger partial charge in [0.05, 0.1) is 27.8 Å². The minimum Gasteiger partial charge on any atom is -0.309 e. The van der Waals surface area contributed by atoms with Crippen molar-refractivity contribution in [2.75, 3.05) is 0 Å². The third-order valence-electron chi connectivity index (χ3n) is 13.7. The molecule has 2 nitrogen and oxygen atoms in total. The van der Waals surface area contributed by atoms with Gasteiger partial charge in [-0.2, -0.15) is 0 Å². The third-order valence-corrected chi connectivity index (χ3v) is 13.7. The fourth-order valence-electron chi connectivity index (χ4n) is 11.1. The van der Waals surface area contributed by atoms with Crippen LogP contribution in [0.5, 0.6) is 0 Å². The SMILES string of the molecule is c1ccc2c(c1)-c1cc(-n3c4ccccc4c4ccccc43)ccc1-c1cc3c4ccccc4c4ccccc4c3cc1-c1c-2cccc1-n1c2ccccc2c2ccccc21. The molecule has 0 N–H and O–H groups in total. The first-order valence-corrected chi connectivity index (χ1v) is 21.5. The van der Waals surface area contributed by atoms with Crippen molar-refractivity contribution in [3.63, 3.8) is 0 Å². The van der Waals surface area contributed by atoms with Crippen LogP contribution in [0.15, 0.2) is 218 Å². The lowest BCUT2D eigenvalue weighted by molar-refractivity contribution is 1.18. The van der Waals surface area contributed by atoms with Crippen molar-refractivity contribution in [2.24, 2.45) is 0 Å². The maximum atomic E-state index is 2.52. The van der Waals surface area contributed by atoms with Crippen molar-refractivity contribution in [2.45, 2.75) is 0 Å². The van der Waals surface area contributed by atoms with Crippen LogP contribution in [-0.4, -0.2) is 9.13 Å². The van der Waals surface area contributed by atoms with Crippen LogP contribution in [0.3, 0.4) is 0 Å². The molecule has 286 valence electrons. The summed E-state index contributed by atoms with van der Waals surface area (Å²) in [6.45, 7) is 0. The number of nitrogens with zero attached hydrogens (tertiary/aromatic N) is 2. The summed E-state index contributed by atoms with van der Waals surface area (Å²) in [5, 5.41) is 12.7. The highest BCUT2D eigenvalue weighted by molar-refractivity contribution is 6.27. The Labute approximate surface area is 357 Å². The zero-order valence-electron chi connectivity index (χ0n) is 33.7. The molecule has 1 aliphatic carbocycles. The summed E-state index contributed by atoms with van der Waals surface area (Å²) in [6.07, 6.45) is 0. The molecule has 0 saturated carbocycles. The molecule has 0 unspecified atom stereocenters. The number of aromatic nitrogens is 2. The van der Waals surface area contributed by atoms with Crippen LogP contribution >= 0.6 is 0 Å². The summed E-state index contributed by atoms with van der Waals surface area (Å²) in [5.74, 6) is 0. The molecule has 0 amide bonds. The second kappa shape index (κ2) is 12.7. The Kier molecular flexibility index (Phi) is 6.86. The molecule has 0 atom stereocenters. The molecule has 0 fully saturated rings. The maximum absolute atomic E-state index is 2.52. The zero-order valence-corrected chi connectivity index (χ0v) is 33.7. The van der Waals surface area contributed by atoms with Gasteiger partial charge in [0.25, 0.3) is 0 Å². The van der Waals surface area contributed by atoms with Gasteiger partial charge in [-0.3, -0.25) is 0 Å². The van der Waals surface area contributed by atoms with E-state index in [-0.39, 0.29) is 0 Å². The molecule has 0 bridgehead atoms. The molecular weight excluding hydrogens is 749 g/mol. The Morgan fingerprint density at radius 1 is 0.210 bits per heavy atom. The first kappa shape index (κ1) is 33.6. The van der Waals surface area contributed by atoms with Crippen LogP contribution < -0.4 is 0 Å². The number of para-hydroxylation sites is 4. The van der Waals surface area contributed by atoms with Gasteiger partial charge in [-0.05, 0) is 126 Å². The van der Waals surface area contributed by atoms with Crippen molar-refractivity contribution in [3.05, 3.63) is 218 Å². The van der Waals surface area contributed by atoms with Crippen molar-refractivity contribution < 1.29 is 0 Å². The minimum absolute atomic E-state index is 1.15. The number of hydrogen-bond donors (Lipinski definition) is 0. The van der Waals surface area contributed by atoms with Crippen LogP contribution in [0.2, 0.25) is 0 Å². The molecule has 13 aromatic rings. The number of rotatable bonds is 2. The summed E-state index contributed by atoms with van der Waals surface area (Å²) in [4.78, 5) is 0. The van der Waals surface area contributed by atoms with Gasteiger partial charge in [0.15, 0.2) is 0 Å². The van der Waals surface area contributed by atoms with Gasteiger partial charge in [-0.1, -0.05) is 164 Å². The lowest BCUT2D eigenvalue weighted by Crippen LogP contribution is -2.04. The monoisotopic (exact) mass is 784 g/mol. The van der Waals surface area contributed by atoms with E-state index in [2.05, 4.69) is 228 Å². The quantitative estimate of drug-likeness (QED) is 0.155. The van der Waals surface area contributed by atoms with Gasteiger partial charge in [0, 0.05) is 32.8 Å². The first-order valence-electron chi connectivity index (χ1n) is 21.5. The number of hydrogen-bond acceptors (Lipinski definition) is 0. The zero-order chi connectivity index (χ0) is 40.5. The molecule has 0 aliphatic heterocycles. The molecule has 0 saturated heterocycles. The van der Waals surface area contributed by atoms with Crippen molar-refractivity contribution in [1.82, 2.24) is 9.13 Å². The fourth-order valence-corrected chi connectivity index (χ4v) is 11.1. The van der Waals surface area contributed by atoms with Crippen molar-refractivity contribution in [3.8, 4) is 55.9 Å². The molecule has 14 rings (SSSR count). The number of fused-ring (bicyclic) bond motifs is 20. The minimum atomic E-state index is 1.15. The summed E-state index contributed by atoms with van der Waals surface area (Å²) in [6, 6.07) is 81.5. The van der Waals surface area contributed by atoms with E-state index in [9.17, 15) is 0 Å². The summed E-state index contributed by atoms with van der Waals surface area (Å²) in [7, 11) is 0. The van der Waals surface area contributed by atoms with Crippen LogP contribution in [0, 0.1) is 0 Å². The molecular formula is C60H36N2. The topological polar surface area (TPSA) is 9.86 Å². The summed E-state index contributed by atoms with van der Waals surface area (Å²) >= 11 is 0. The molecule has 0 radical (unpaired) electrons. The van der Waals surface area contributed by atoms with E-state index in [0.29, 0.717) is 0 Å². The Bertz CT molecular complexity index is 3920. The van der Waals surface area contributed by atoms with Gasteiger partial charge >= 0.3 is 0 Å². The molecule has 2 aromatic heterocycles. The highest BCUT2D eigenvalue weighted by Gasteiger charge is 2.28. The van der Waals surface area contributed by atoms with Gasteiger partial charge < -0.3 is 9.13 Å². The highest BCUT2D eigenvalue weighted by Crippen LogP contribution is 2.53. The second-order valence-electron chi connectivity index (χ2n) is 16.7. The van der Waals surface area contributed by atoms with E-state index in [1.54, 1.807) is 0 Å². The summed E-state index contributed by atoms with van der Waals surface area (Å²) in [5.41, 5.74) is 16.9. The predicted octanol–water partition coefficient (Wildman–Crippen LogP) is 16.3. The van der Waals surface area contributed by atoms with Crippen LogP contribution in [-0.2, 0) is 0 Å². The van der Waals surface area contributed by atoms with Crippen molar-refractivity contribution >= 4 is 75.9 Å². The predicted molar refractivity (Wildman–Crippen MR) is 263 cm³/mol. The molecule has 0 spiro atoms. The first-order chi connectivity index (χ1) is 30.8. The molecule has 62 heavy (non-hydrogen) atoms. The van der Waals surface area contributed by atoms with Gasteiger partial charge in [-0.15, -0.1) is 0 Å². The Balaban J connectivity index is 1.17. The fraction of sp³-hybridized carbons (Fsp3) is 0. The average Bonchev–Trinajstić information content (AvgIpc) is 3.86. The van der Waals surface area contributed by atoms with E-state index in [4.69, 9.17) is 0 Å². The smallest absolute Gasteiger partial charge is 0.0547 e. The molecule has 2 heterocycles.